The number of nitrogens with one attached hydrogen (secondary N) is 1. The number of phenolic OH excluding ortho intramolecular Hbond substituents is 1. The van der Waals surface area contributed by atoms with E-state index in [2.05, 4.69) is 5.32 Å². The maximum atomic E-state index is 11.1. The highest BCUT2D eigenvalue weighted by atomic mass is 16.3. The molecule has 0 saturated heterocycles. The van der Waals surface area contributed by atoms with Crippen molar-refractivity contribution in [3.63, 3.8) is 0 Å². The predicted molar refractivity (Wildman–Crippen MR) is 55.5 cm³/mol. The van der Waals surface area contributed by atoms with Gasteiger partial charge in [0, 0.05) is 0 Å². The van der Waals surface area contributed by atoms with Crippen molar-refractivity contribution < 1.29 is 14.7 Å². The average molecular weight is 207 g/mol. The van der Waals surface area contributed by atoms with Gasteiger partial charge in [0.25, 0.3) is 0 Å². The van der Waals surface area contributed by atoms with Crippen LogP contribution < -0.4 is 5.32 Å². The first-order valence-corrected chi connectivity index (χ1v) is 4.61. The zero-order valence-electron chi connectivity index (χ0n) is 8.43. The van der Waals surface area contributed by atoms with Gasteiger partial charge in [-0.05, 0) is 31.0 Å². The third-order valence-corrected chi connectivity index (χ3v) is 2.14. The van der Waals surface area contributed by atoms with Crippen LogP contribution in [0.25, 0.3) is 0 Å². The summed E-state index contributed by atoms with van der Waals surface area (Å²) >= 11 is 0. The third-order valence-electron chi connectivity index (χ3n) is 2.14. The lowest BCUT2D eigenvalue weighted by molar-refractivity contribution is -0.121. The van der Waals surface area contributed by atoms with E-state index >= 15 is 0 Å². The van der Waals surface area contributed by atoms with Crippen molar-refractivity contribution in [2.24, 2.45) is 0 Å². The quantitative estimate of drug-likeness (QED) is 0.696. The number of amides is 1. The fourth-order valence-corrected chi connectivity index (χ4v) is 1.27. The molecule has 4 heteroatoms. The standard InChI is InChI=1S/C11H13NO3/c1-8(14)11(12-7-13)6-9-2-4-10(15)5-3-9/h2-5,7,11,15H,6H2,1H3,(H,12,13)/t11-/m0/s1. The van der Waals surface area contributed by atoms with Crippen molar-refractivity contribution in [1.29, 1.82) is 0 Å². The SMILES string of the molecule is CC(=O)[C@H](Cc1ccc(O)cc1)NC=O. The van der Waals surface area contributed by atoms with E-state index < -0.39 is 6.04 Å². The third kappa shape index (κ3) is 3.42. The van der Waals surface area contributed by atoms with Crippen LogP contribution in [0.4, 0.5) is 0 Å². The van der Waals surface area contributed by atoms with Crippen molar-refractivity contribution in [3.05, 3.63) is 29.8 Å². The van der Waals surface area contributed by atoms with Crippen LogP contribution in [0.2, 0.25) is 0 Å². The molecular formula is C11H13NO3. The fourth-order valence-electron chi connectivity index (χ4n) is 1.27. The average Bonchev–Trinajstić information content (AvgIpc) is 2.20. The van der Waals surface area contributed by atoms with Crippen LogP contribution in [-0.4, -0.2) is 23.3 Å². The summed E-state index contributed by atoms with van der Waals surface area (Å²) in [6.45, 7) is 1.43. The second-order valence-electron chi connectivity index (χ2n) is 3.32. The first kappa shape index (κ1) is 11.2. The number of aromatic hydroxyl groups is 1. The lowest BCUT2D eigenvalue weighted by Gasteiger charge is -2.12. The molecular weight excluding hydrogens is 194 g/mol. The normalized spacial score (nSPS) is 11.8. The van der Waals surface area contributed by atoms with Gasteiger partial charge in [-0.15, -0.1) is 0 Å². The Morgan fingerprint density at radius 3 is 2.53 bits per heavy atom. The Bertz CT molecular complexity index is 345. The monoisotopic (exact) mass is 207 g/mol. The minimum absolute atomic E-state index is 0.0878. The molecule has 0 heterocycles. The first-order valence-electron chi connectivity index (χ1n) is 4.61. The molecule has 4 nitrogen and oxygen atoms in total. The van der Waals surface area contributed by atoms with Gasteiger partial charge < -0.3 is 10.4 Å². The van der Waals surface area contributed by atoms with E-state index in [1.165, 1.54) is 6.92 Å². The Balaban J connectivity index is 2.69. The molecule has 0 radical (unpaired) electrons. The summed E-state index contributed by atoms with van der Waals surface area (Å²) in [4.78, 5) is 21.4. The van der Waals surface area contributed by atoms with E-state index in [-0.39, 0.29) is 11.5 Å². The van der Waals surface area contributed by atoms with Crippen molar-refractivity contribution in [2.45, 2.75) is 19.4 Å². The number of hydrogen-bond acceptors (Lipinski definition) is 3. The van der Waals surface area contributed by atoms with E-state index in [0.29, 0.717) is 12.8 Å². The zero-order chi connectivity index (χ0) is 11.3. The molecule has 2 N–H and O–H groups in total. The molecule has 0 saturated carbocycles. The minimum Gasteiger partial charge on any atom is -0.508 e. The van der Waals surface area contributed by atoms with Crippen LogP contribution in [0.5, 0.6) is 5.75 Å². The zero-order valence-corrected chi connectivity index (χ0v) is 8.43. The van der Waals surface area contributed by atoms with Crippen LogP contribution in [0.15, 0.2) is 24.3 Å². The summed E-state index contributed by atoms with van der Waals surface area (Å²) in [7, 11) is 0. The van der Waals surface area contributed by atoms with Crippen molar-refractivity contribution in [2.75, 3.05) is 0 Å². The molecule has 0 aliphatic heterocycles. The summed E-state index contributed by atoms with van der Waals surface area (Å²) in [5, 5.41) is 11.5. The number of rotatable bonds is 5. The number of hydrogen-bond donors (Lipinski definition) is 2. The Labute approximate surface area is 87.9 Å². The molecule has 1 atom stereocenters. The molecule has 1 rings (SSSR count). The molecule has 80 valence electrons. The predicted octanol–water partition coefficient (Wildman–Crippen LogP) is 0.638. The highest BCUT2D eigenvalue weighted by Crippen LogP contribution is 2.11. The Morgan fingerprint density at radius 1 is 1.47 bits per heavy atom. The van der Waals surface area contributed by atoms with Gasteiger partial charge in [-0.1, -0.05) is 12.1 Å². The van der Waals surface area contributed by atoms with E-state index in [9.17, 15) is 9.59 Å². The molecule has 1 aromatic rings. The second kappa shape index (κ2) is 5.14. The van der Waals surface area contributed by atoms with Crippen molar-refractivity contribution in [1.82, 2.24) is 5.32 Å². The minimum atomic E-state index is -0.493. The number of benzene rings is 1. The summed E-state index contributed by atoms with van der Waals surface area (Å²) < 4.78 is 0. The Morgan fingerprint density at radius 2 is 2.07 bits per heavy atom. The van der Waals surface area contributed by atoms with Gasteiger partial charge in [-0.25, -0.2) is 0 Å². The van der Waals surface area contributed by atoms with Crippen molar-refractivity contribution in [3.8, 4) is 5.75 Å². The van der Waals surface area contributed by atoms with Crippen LogP contribution >= 0.6 is 0 Å². The Kier molecular flexibility index (Phi) is 3.85. The van der Waals surface area contributed by atoms with Crippen LogP contribution in [0, 0.1) is 0 Å². The van der Waals surface area contributed by atoms with Gasteiger partial charge in [0.15, 0.2) is 5.78 Å². The van der Waals surface area contributed by atoms with E-state index in [1.807, 2.05) is 0 Å². The second-order valence-corrected chi connectivity index (χ2v) is 3.32. The highest BCUT2D eigenvalue weighted by Gasteiger charge is 2.13. The van der Waals surface area contributed by atoms with E-state index in [1.54, 1.807) is 24.3 Å². The van der Waals surface area contributed by atoms with Crippen molar-refractivity contribution >= 4 is 12.2 Å². The maximum Gasteiger partial charge on any atom is 0.207 e. The largest absolute Gasteiger partial charge is 0.508 e. The number of Topliss-reactive ketones (excluding diaryl/α,β-unsaturated/α-hetero) is 1. The molecule has 0 spiro atoms. The molecule has 0 unspecified atom stereocenters. The summed E-state index contributed by atoms with van der Waals surface area (Å²) in [6.07, 6.45) is 0.959. The molecule has 0 fully saturated rings. The van der Waals surface area contributed by atoms with Gasteiger partial charge in [0.1, 0.15) is 5.75 Å². The molecule has 1 aromatic carbocycles. The van der Waals surface area contributed by atoms with Gasteiger partial charge in [-0.2, -0.15) is 0 Å². The molecule has 1 amide bonds. The number of carbonyl (C=O) groups is 2. The lowest BCUT2D eigenvalue weighted by Crippen LogP contribution is -2.36. The smallest absolute Gasteiger partial charge is 0.207 e. The first-order chi connectivity index (χ1) is 7.13. The number of ketones is 1. The molecule has 0 aliphatic rings. The van der Waals surface area contributed by atoms with Gasteiger partial charge >= 0.3 is 0 Å². The number of phenols is 1. The molecule has 0 aromatic heterocycles. The molecule has 15 heavy (non-hydrogen) atoms. The molecule has 0 bridgehead atoms. The van der Waals surface area contributed by atoms with Gasteiger partial charge in [0.05, 0.1) is 6.04 Å². The topological polar surface area (TPSA) is 66.4 Å². The fraction of sp³-hybridized carbons (Fsp3) is 0.273. The summed E-state index contributed by atoms with van der Waals surface area (Å²) in [6, 6.07) is 6.04. The van der Waals surface area contributed by atoms with Crippen LogP contribution in [-0.2, 0) is 16.0 Å². The summed E-state index contributed by atoms with van der Waals surface area (Å²) in [5.41, 5.74) is 0.891. The van der Waals surface area contributed by atoms with E-state index in [4.69, 9.17) is 5.11 Å². The van der Waals surface area contributed by atoms with Gasteiger partial charge in [-0.3, -0.25) is 9.59 Å². The lowest BCUT2D eigenvalue weighted by atomic mass is 10.0. The van der Waals surface area contributed by atoms with Gasteiger partial charge in [0.2, 0.25) is 6.41 Å². The Hall–Kier alpha value is -1.84. The number of carbonyl (C=O) groups excluding carboxylic acids is 2. The summed E-state index contributed by atoms with van der Waals surface area (Å²) in [5.74, 6) is 0.0941. The van der Waals surface area contributed by atoms with E-state index in [0.717, 1.165) is 5.56 Å². The van der Waals surface area contributed by atoms with Crippen LogP contribution in [0.1, 0.15) is 12.5 Å². The molecule has 0 aliphatic carbocycles. The highest BCUT2D eigenvalue weighted by molar-refractivity contribution is 5.83. The maximum absolute atomic E-state index is 11.1. The van der Waals surface area contributed by atoms with Crippen LogP contribution in [0.3, 0.4) is 0 Å².